The number of nitrogens with one attached hydrogen (secondary N) is 1. The Morgan fingerprint density at radius 1 is 1.31 bits per heavy atom. The molecule has 1 aliphatic carbocycles. The van der Waals surface area contributed by atoms with Crippen LogP contribution in [0.25, 0.3) is 0 Å². The van der Waals surface area contributed by atoms with Gasteiger partial charge in [0.1, 0.15) is 0 Å². The number of hydrogen-bond donors (Lipinski definition) is 1. The minimum atomic E-state index is -3.12. The summed E-state index contributed by atoms with van der Waals surface area (Å²) in [5, 5.41) is 0. The molecule has 0 bridgehead atoms. The summed E-state index contributed by atoms with van der Waals surface area (Å²) in [4.78, 5) is 0.557. The van der Waals surface area contributed by atoms with Crippen LogP contribution in [-0.2, 0) is 14.8 Å². The van der Waals surface area contributed by atoms with Gasteiger partial charge < -0.3 is 4.74 Å². The lowest BCUT2D eigenvalue weighted by Crippen LogP contribution is -2.39. The maximum absolute atomic E-state index is 11.7. The zero-order valence-corrected chi connectivity index (χ0v) is 12.0. The minimum absolute atomic E-state index is 0.126. The Morgan fingerprint density at radius 3 is 2.50 bits per heavy atom. The van der Waals surface area contributed by atoms with E-state index in [1.54, 1.807) is 7.11 Å². The van der Waals surface area contributed by atoms with Gasteiger partial charge in [-0.25, -0.2) is 13.1 Å². The van der Waals surface area contributed by atoms with Gasteiger partial charge in [-0.3, -0.25) is 0 Å². The van der Waals surface area contributed by atoms with Crippen molar-refractivity contribution >= 4 is 26.0 Å². The summed E-state index contributed by atoms with van der Waals surface area (Å²) in [5.41, 5.74) is 0. The Labute approximate surface area is 106 Å². The molecule has 0 amide bonds. The van der Waals surface area contributed by atoms with Crippen molar-refractivity contribution in [2.75, 3.05) is 19.5 Å². The number of methoxy groups -OCH3 is 1. The maximum Gasteiger partial charge on any atom is 0.211 e. The summed E-state index contributed by atoms with van der Waals surface area (Å²) in [7, 11) is -1.54. The van der Waals surface area contributed by atoms with E-state index < -0.39 is 10.0 Å². The van der Waals surface area contributed by atoms with E-state index in [0.29, 0.717) is 17.9 Å². The van der Waals surface area contributed by atoms with Gasteiger partial charge in [0.25, 0.3) is 0 Å². The molecule has 0 aliphatic heterocycles. The third-order valence-electron chi connectivity index (χ3n) is 2.76. The van der Waals surface area contributed by atoms with Gasteiger partial charge in [0.05, 0.1) is 5.75 Å². The van der Waals surface area contributed by atoms with Crippen LogP contribution in [0.4, 0.5) is 0 Å². The van der Waals surface area contributed by atoms with Crippen LogP contribution < -0.4 is 4.72 Å². The van der Waals surface area contributed by atoms with Gasteiger partial charge in [0.2, 0.25) is 10.0 Å². The van der Waals surface area contributed by atoms with Gasteiger partial charge in [-0.2, -0.15) is 0 Å². The normalized spacial score (nSPS) is 26.9. The Bertz CT molecular complexity index is 286. The number of rotatable bonds is 6. The molecule has 0 radical (unpaired) electrons. The molecule has 1 saturated carbocycles. The fraction of sp³-hybridized carbons (Fsp3) is 1.00. The van der Waals surface area contributed by atoms with Crippen molar-refractivity contribution in [3.8, 4) is 0 Å². The predicted octanol–water partition coefficient (Wildman–Crippen LogP) is 1.65. The van der Waals surface area contributed by atoms with E-state index in [0.717, 1.165) is 25.7 Å². The summed E-state index contributed by atoms with van der Waals surface area (Å²) in [6.07, 6.45) is 4.51. The van der Waals surface area contributed by atoms with Crippen LogP contribution in [0.2, 0.25) is 0 Å². The van der Waals surface area contributed by atoms with Crippen molar-refractivity contribution in [3.63, 3.8) is 0 Å². The first-order valence-electron chi connectivity index (χ1n) is 5.66. The second kappa shape index (κ2) is 6.93. The van der Waals surface area contributed by atoms with Crippen LogP contribution in [0.15, 0.2) is 0 Å². The van der Waals surface area contributed by atoms with E-state index in [4.69, 9.17) is 4.74 Å². The van der Waals surface area contributed by atoms with Crippen LogP contribution in [-0.4, -0.2) is 38.8 Å². The molecular weight excluding hydrogens is 294 g/mol. The van der Waals surface area contributed by atoms with Gasteiger partial charge in [0, 0.05) is 24.6 Å². The number of ether oxygens (including phenoxy) is 1. The molecule has 16 heavy (non-hydrogen) atoms. The lowest BCUT2D eigenvalue weighted by molar-refractivity contribution is 0.199. The summed E-state index contributed by atoms with van der Waals surface area (Å²) < 4.78 is 31.0. The summed E-state index contributed by atoms with van der Waals surface area (Å²) >= 11 is 3.55. The molecule has 96 valence electrons. The monoisotopic (exact) mass is 313 g/mol. The average molecular weight is 314 g/mol. The Balaban J connectivity index is 2.29. The maximum atomic E-state index is 11.7. The van der Waals surface area contributed by atoms with E-state index in [9.17, 15) is 8.42 Å². The minimum Gasteiger partial charge on any atom is -0.385 e. The van der Waals surface area contributed by atoms with Gasteiger partial charge >= 0.3 is 0 Å². The van der Waals surface area contributed by atoms with E-state index in [1.807, 2.05) is 0 Å². The smallest absolute Gasteiger partial charge is 0.211 e. The van der Waals surface area contributed by atoms with Gasteiger partial charge in [-0.1, -0.05) is 15.9 Å². The Morgan fingerprint density at radius 2 is 1.94 bits per heavy atom. The molecule has 1 aliphatic rings. The van der Waals surface area contributed by atoms with Crippen molar-refractivity contribution in [2.45, 2.75) is 43.0 Å². The highest BCUT2D eigenvalue weighted by Gasteiger charge is 2.23. The molecule has 1 rings (SSSR count). The Hall–Kier alpha value is 0.350. The van der Waals surface area contributed by atoms with Gasteiger partial charge in [0.15, 0.2) is 0 Å². The number of hydrogen-bond acceptors (Lipinski definition) is 3. The van der Waals surface area contributed by atoms with Gasteiger partial charge in [-0.05, 0) is 32.1 Å². The molecular formula is C10H20BrNO3S. The van der Waals surface area contributed by atoms with E-state index in [2.05, 4.69) is 20.7 Å². The lowest BCUT2D eigenvalue weighted by atomic mass is 9.96. The van der Waals surface area contributed by atoms with E-state index >= 15 is 0 Å². The lowest BCUT2D eigenvalue weighted by Gasteiger charge is -2.25. The number of sulfonamides is 1. The molecule has 0 heterocycles. The van der Waals surface area contributed by atoms with Crippen molar-refractivity contribution in [1.29, 1.82) is 0 Å². The standard InChI is InChI=1S/C10H20BrNO3S/c1-15-7-2-8-16(13,14)12-10-5-3-9(11)4-6-10/h9-10,12H,2-8H2,1H3. The van der Waals surface area contributed by atoms with Crippen LogP contribution in [0, 0.1) is 0 Å². The largest absolute Gasteiger partial charge is 0.385 e. The Kier molecular flexibility index (Phi) is 6.25. The molecule has 0 aromatic carbocycles. The molecule has 1 N–H and O–H groups in total. The highest BCUT2D eigenvalue weighted by atomic mass is 79.9. The SMILES string of the molecule is COCCCS(=O)(=O)NC1CCC(Br)CC1. The molecule has 4 nitrogen and oxygen atoms in total. The second-order valence-corrected chi connectivity index (χ2v) is 7.40. The van der Waals surface area contributed by atoms with Crippen LogP contribution >= 0.6 is 15.9 Å². The third kappa shape index (κ3) is 5.61. The first-order valence-corrected chi connectivity index (χ1v) is 8.23. The molecule has 0 saturated heterocycles. The molecule has 6 heteroatoms. The summed E-state index contributed by atoms with van der Waals surface area (Å²) in [6, 6.07) is 0.126. The first kappa shape index (κ1) is 14.4. The topological polar surface area (TPSA) is 55.4 Å². The van der Waals surface area contributed by atoms with Crippen molar-refractivity contribution in [3.05, 3.63) is 0 Å². The summed E-state index contributed by atoms with van der Waals surface area (Å²) in [5.74, 6) is 0.162. The fourth-order valence-electron chi connectivity index (χ4n) is 1.88. The first-order chi connectivity index (χ1) is 7.53. The zero-order valence-electron chi connectivity index (χ0n) is 9.62. The quantitative estimate of drug-likeness (QED) is 0.599. The molecule has 0 spiro atoms. The highest BCUT2D eigenvalue weighted by molar-refractivity contribution is 9.09. The fourth-order valence-corrected chi connectivity index (χ4v) is 3.76. The van der Waals surface area contributed by atoms with Crippen molar-refractivity contribution in [1.82, 2.24) is 4.72 Å². The zero-order chi connectivity index (χ0) is 12.0. The van der Waals surface area contributed by atoms with Crippen molar-refractivity contribution in [2.24, 2.45) is 0 Å². The van der Waals surface area contributed by atoms with Crippen LogP contribution in [0.3, 0.4) is 0 Å². The molecule has 0 aromatic heterocycles. The number of halogens is 1. The molecule has 0 atom stereocenters. The average Bonchev–Trinajstić information content (AvgIpc) is 2.21. The summed E-state index contributed by atoms with van der Waals surface area (Å²) in [6.45, 7) is 0.495. The molecule has 0 aromatic rings. The second-order valence-electron chi connectivity index (χ2n) is 4.23. The molecule has 1 fully saturated rings. The van der Waals surface area contributed by atoms with Gasteiger partial charge in [-0.15, -0.1) is 0 Å². The van der Waals surface area contributed by atoms with Crippen LogP contribution in [0.1, 0.15) is 32.1 Å². The highest BCUT2D eigenvalue weighted by Crippen LogP contribution is 2.24. The number of alkyl halides is 1. The third-order valence-corrected chi connectivity index (χ3v) is 5.20. The van der Waals surface area contributed by atoms with Crippen molar-refractivity contribution < 1.29 is 13.2 Å². The van der Waals surface area contributed by atoms with E-state index in [-0.39, 0.29) is 11.8 Å². The van der Waals surface area contributed by atoms with E-state index in [1.165, 1.54) is 0 Å². The molecule has 0 unspecified atom stereocenters. The van der Waals surface area contributed by atoms with Crippen LogP contribution in [0.5, 0.6) is 0 Å². The predicted molar refractivity (Wildman–Crippen MR) is 68.4 cm³/mol.